The van der Waals surface area contributed by atoms with E-state index in [4.69, 9.17) is 4.74 Å². The van der Waals surface area contributed by atoms with Gasteiger partial charge < -0.3 is 9.53 Å². The summed E-state index contributed by atoms with van der Waals surface area (Å²) >= 11 is 0. The van der Waals surface area contributed by atoms with Crippen LogP contribution < -0.4 is 0 Å². The third kappa shape index (κ3) is 1.10. The minimum absolute atomic E-state index is 0.0228. The lowest BCUT2D eigenvalue weighted by molar-refractivity contribution is -0.138. The first kappa shape index (κ1) is 7.68. The van der Waals surface area contributed by atoms with Crippen LogP contribution in [0.1, 0.15) is 12.8 Å². The average Bonchev–Trinajstić information content (AvgIpc) is 2.43. The van der Waals surface area contributed by atoms with E-state index in [-0.39, 0.29) is 23.9 Å². The minimum atomic E-state index is -0.225. The van der Waals surface area contributed by atoms with Crippen molar-refractivity contribution in [2.75, 3.05) is 0 Å². The van der Waals surface area contributed by atoms with Crippen LogP contribution >= 0.6 is 0 Å². The summed E-state index contributed by atoms with van der Waals surface area (Å²) in [5.74, 6) is -0.0640. The maximum absolute atomic E-state index is 11.4. The first-order valence-electron chi connectivity index (χ1n) is 4.11. The standard InChI is InChI=1S/C9H10O3/c10-4-3-7-8(11)5-6-1-2-9(7)12-6/h1-2,4,6-7,9H,3,5H2/t6-,7+,9+/m1/s1. The Morgan fingerprint density at radius 1 is 1.58 bits per heavy atom. The SMILES string of the molecule is O=CC[C@H]1C(=O)C[C@H]2C=C[C@@H]1O2. The lowest BCUT2D eigenvalue weighted by Gasteiger charge is -2.26. The van der Waals surface area contributed by atoms with E-state index in [1.165, 1.54) is 0 Å². The van der Waals surface area contributed by atoms with Gasteiger partial charge in [-0.25, -0.2) is 0 Å². The molecule has 0 aromatic rings. The molecular weight excluding hydrogens is 156 g/mol. The highest BCUT2D eigenvalue weighted by Gasteiger charge is 2.38. The molecule has 3 atom stereocenters. The number of rotatable bonds is 2. The molecule has 1 fully saturated rings. The molecule has 2 aliphatic heterocycles. The summed E-state index contributed by atoms with van der Waals surface area (Å²) in [6.45, 7) is 0. The highest BCUT2D eigenvalue weighted by molar-refractivity contribution is 5.85. The van der Waals surface area contributed by atoms with E-state index in [1.807, 2.05) is 12.2 Å². The zero-order chi connectivity index (χ0) is 8.55. The van der Waals surface area contributed by atoms with Crippen molar-refractivity contribution in [1.82, 2.24) is 0 Å². The maximum atomic E-state index is 11.4. The van der Waals surface area contributed by atoms with E-state index < -0.39 is 0 Å². The molecule has 0 aliphatic carbocycles. The normalized spacial score (nSPS) is 38.7. The fraction of sp³-hybridized carbons (Fsp3) is 0.556. The van der Waals surface area contributed by atoms with E-state index in [0.717, 1.165) is 6.29 Å². The number of ether oxygens (including phenoxy) is 1. The van der Waals surface area contributed by atoms with Gasteiger partial charge in [-0.1, -0.05) is 12.2 Å². The quantitative estimate of drug-likeness (QED) is 0.443. The molecule has 2 bridgehead atoms. The van der Waals surface area contributed by atoms with Gasteiger partial charge in [0.25, 0.3) is 0 Å². The Kier molecular flexibility index (Phi) is 1.81. The Bertz CT molecular complexity index is 244. The average molecular weight is 166 g/mol. The summed E-state index contributed by atoms with van der Waals surface area (Å²) in [4.78, 5) is 21.6. The zero-order valence-corrected chi connectivity index (χ0v) is 6.60. The Morgan fingerprint density at radius 3 is 3.17 bits per heavy atom. The lowest BCUT2D eigenvalue weighted by atomic mass is 9.91. The molecule has 3 nitrogen and oxygen atoms in total. The maximum Gasteiger partial charge on any atom is 0.142 e. The largest absolute Gasteiger partial charge is 0.366 e. The Morgan fingerprint density at radius 2 is 2.42 bits per heavy atom. The van der Waals surface area contributed by atoms with Crippen molar-refractivity contribution in [2.24, 2.45) is 5.92 Å². The fourth-order valence-electron chi connectivity index (χ4n) is 1.77. The van der Waals surface area contributed by atoms with Crippen molar-refractivity contribution in [3.05, 3.63) is 12.2 Å². The van der Waals surface area contributed by atoms with E-state index in [1.54, 1.807) is 0 Å². The molecule has 0 aromatic heterocycles. The number of carbonyl (C=O) groups excluding carboxylic acids is 2. The van der Waals surface area contributed by atoms with Gasteiger partial charge >= 0.3 is 0 Å². The number of aldehydes is 1. The molecule has 64 valence electrons. The fourth-order valence-corrected chi connectivity index (χ4v) is 1.77. The molecule has 2 rings (SSSR count). The molecule has 3 heteroatoms. The number of ketones is 1. The second-order valence-corrected chi connectivity index (χ2v) is 3.20. The van der Waals surface area contributed by atoms with Crippen LogP contribution in [-0.2, 0) is 14.3 Å². The highest BCUT2D eigenvalue weighted by atomic mass is 16.5. The van der Waals surface area contributed by atoms with Crippen LogP contribution in [-0.4, -0.2) is 24.3 Å². The number of hydrogen-bond donors (Lipinski definition) is 0. The van der Waals surface area contributed by atoms with Crippen molar-refractivity contribution >= 4 is 12.1 Å². The van der Waals surface area contributed by atoms with Crippen molar-refractivity contribution < 1.29 is 14.3 Å². The summed E-state index contributed by atoms with van der Waals surface area (Å²) in [6.07, 6.45) is 5.16. The Hall–Kier alpha value is -0.960. The monoisotopic (exact) mass is 166 g/mol. The number of fused-ring (bicyclic) bond motifs is 2. The third-order valence-corrected chi connectivity index (χ3v) is 2.41. The van der Waals surface area contributed by atoms with Gasteiger partial charge in [0, 0.05) is 12.8 Å². The van der Waals surface area contributed by atoms with Crippen molar-refractivity contribution in [3.8, 4) is 0 Å². The predicted octanol–water partition coefficient (Wildman–Crippen LogP) is 0.488. The van der Waals surface area contributed by atoms with Crippen LogP contribution in [0.25, 0.3) is 0 Å². The molecule has 0 N–H and O–H groups in total. The molecule has 2 aliphatic rings. The minimum Gasteiger partial charge on any atom is -0.366 e. The van der Waals surface area contributed by atoms with E-state index in [9.17, 15) is 9.59 Å². The van der Waals surface area contributed by atoms with Gasteiger partial charge in [-0.3, -0.25) is 4.79 Å². The molecule has 0 aromatic carbocycles. The second-order valence-electron chi connectivity index (χ2n) is 3.20. The van der Waals surface area contributed by atoms with Crippen LogP contribution in [0.4, 0.5) is 0 Å². The Labute approximate surface area is 70.4 Å². The summed E-state index contributed by atoms with van der Waals surface area (Å²) < 4.78 is 5.44. The van der Waals surface area contributed by atoms with E-state index >= 15 is 0 Å². The molecule has 0 radical (unpaired) electrons. The second kappa shape index (κ2) is 2.83. The summed E-state index contributed by atoms with van der Waals surface area (Å²) in [5, 5.41) is 0. The molecule has 0 saturated carbocycles. The third-order valence-electron chi connectivity index (χ3n) is 2.41. The molecular formula is C9H10O3. The molecule has 0 unspecified atom stereocenters. The summed E-state index contributed by atoms with van der Waals surface area (Å²) in [6, 6.07) is 0. The smallest absolute Gasteiger partial charge is 0.142 e. The van der Waals surface area contributed by atoms with Crippen LogP contribution in [0.2, 0.25) is 0 Å². The van der Waals surface area contributed by atoms with Crippen LogP contribution in [0, 0.1) is 5.92 Å². The Balaban J connectivity index is 2.14. The molecule has 2 heterocycles. The van der Waals surface area contributed by atoms with Gasteiger partial charge in [-0.15, -0.1) is 0 Å². The van der Waals surface area contributed by atoms with Crippen LogP contribution in [0.5, 0.6) is 0 Å². The number of carbonyl (C=O) groups is 2. The molecule has 0 amide bonds. The van der Waals surface area contributed by atoms with Crippen molar-refractivity contribution in [3.63, 3.8) is 0 Å². The number of hydrogen-bond acceptors (Lipinski definition) is 3. The summed E-state index contributed by atoms with van der Waals surface area (Å²) in [5.41, 5.74) is 0. The lowest BCUT2D eigenvalue weighted by Crippen LogP contribution is -2.36. The topological polar surface area (TPSA) is 43.4 Å². The zero-order valence-electron chi connectivity index (χ0n) is 6.60. The van der Waals surface area contributed by atoms with Crippen molar-refractivity contribution in [2.45, 2.75) is 25.0 Å². The van der Waals surface area contributed by atoms with Gasteiger partial charge in [-0.2, -0.15) is 0 Å². The van der Waals surface area contributed by atoms with Gasteiger partial charge in [-0.05, 0) is 0 Å². The van der Waals surface area contributed by atoms with Gasteiger partial charge in [0.05, 0.1) is 18.1 Å². The van der Waals surface area contributed by atoms with Crippen LogP contribution in [0.3, 0.4) is 0 Å². The molecule has 12 heavy (non-hydrogen) atoms. The molecule has 1 saturated heterocycles. The van der Waals surface area contributed by atoms with E-state index in [0.29, 0.717) is 12.8 Å². The first-order valence-corrected chi connectivity index (χ1v) is 4.11. The number of Topliss-reactive ketones (excluding diaryl/α,β-unsaturated/α-hetero) is 1. The summed E-state index contributed by atoms with van der Waals surface area (Å²) in [7, 11) is 0. The van der Waals surface area contributed by atoms with E-state index in [2.05, 4.69) is 0 Å². The van der Waals surface area contributed by atoms with Gasteiger partial charge in [0.2, 0.25) is 0 Å². The predicted molar refractivity (Wildman–Crippen MR) is 41.6 cm³/mol. The van der Waals surface area contributed by atoms with Crippen molar-refractivity contribution in [1.29, 1.82) is 0 Å². The first-order chi connectivity index (χ1) is 5.81. The van der Waals surface area contributed by atoms with Crippen LogP contribution in [0.15, 0.2) is 12.2 Å². The van der Waals surface area contributed by atoms with Gasteiger partial charge in [0.15, 0.2) is 0 Å². The van der Waals surface area contributed by atoms with Gasteiger partial charge in [0.1, 0.15) is 12.1 Å². The molecule has 0 spiro atoms. The highest BCUT2D eigenvalue weighted by Crippen LogP contribution is 2.30.